The van der Waals surface area contributed by atoms with Crippen LogP contribution in [0.4, 0.5) is 13.2 Å². The Morgan fingerprint density at radius 3 is 2.58 bits per heavy atom. The number of halogens is 3. The van der Waals surface area contributed by atoms with E-state index in [1.807, 2.05) is 12.3 Å². The number of aliphatic imine (C=N–C) groups is 1. The SMILES string of the molecule is C/N=C/C1CC[C@H](c2cccc(C(F)(F)F)c2)C[C@@H]1N1CCCC1. The lowest BCUT2D eigenvalue weighted by molar-refractivity contribution is -0.137. The summed E-state index contributed by atoms with van der Waals surface area (Å²) in [7, 11) is 1.81. The molecule has 0 spiro atoms. The molecule has 1 heterocycles. The second kappa shape index (κ2) is 7.26. The zero-order valence-electron chi connectivity index (χ0n) is 14.1. The summed E-state index contributed by atoms with van der Waals surface area (Å²) >= 11 is 0. The average molecular weight is 338 g/mol. The summed E-state index contributed by atoms with van der Waals surface area (Å²) in [5.74, 6) is 0.634. The van der Waals surface area contributed by atoms with Gasteiger partial charge in [0.1, 0.15) is 0 Å². The lowest BCUT2D eigenvalue weighted by Crippen LogP contribution is -2.43. The lowest BCUT2D eigenvalue weighted by Gasteiger charge is -2.40. The first kappa shape index (κ1) is 17.5. The van der Waals surface area contributed by atoms with E-state index in [9.17, 15) is 13.2 Å². The molecule has 0 aromatic heterocycles. The third kappa shape index (κ3) is 3.82. The first-order chi connectivity index (χ1) is 11.5. The molecule has 2 fully saturated rings. The Balaban J connectivity index is 1.80. The Labute approximate surface area is 141 Å². The van der Waals surface area contributed by atoms with Crippen LogP contribution in [0.3, 0.4) is 0 Å². The molecular formula is C19H25F3N2. The summed E-state index contributed by atoms with van der Waals surface area (Å²) in [6.07, 6.45) is 3.09. The van der Waals surface area contributed by atoms with Crippen LogP contribution in [0, 0.1) is 5.92 Å². The standard InChI is InChI=1S/C19H25F3N2/c1-23-13-16-8-7-15(12-18(16)24-9-2-3-10-24)14-5-4-6-17(11-14)19(20,21)22/h4-6,11,13,15-16,18H,2-3,7-10,12H2,1H3/b23-13+/t15-,16?,18-/m0/s1. The molecule has 1 saturated heterocycles. The first-order valence-electron chi connectivity index (χ1n) is 8.82. The minimum Gasteiger partial charge on any atom is -0.301 e. The van der Waals surface area contributed by atoms with Crippen LogP contribution in [0.1, 0.15) is 49.1 Å². The molecule has 1 aromatic carbocycles. The van der Waals surface area contributed by atoms with E-state index in [0.29, 0.717) is 12.0 Å². The van der Waals surface area contributed by atoms with Crippen molar-refractivity contribution in [2.75, 3.05) is 20.1 Å². The van der Waals surface area contributed by atoms with Gasteiger partial charge in [-0.05, 0) is 62.7 Å². The highest BCUT2D eigenvalue weighted by Crippen LogP contribution is 2.40. The number of alkyl halides is 3. The monoisotopic (exact) mass is 338 g/mol. The van der Waals surface area contributed by atoms with Gasteiger partial charge in [0, 0.05) is 25.2 Å². The predicted octanol–water partition coefficient (Wildman–Crippen LogP) is 4.75. The fraction of sp³-hybridized carbons (Fsp3) is 0.632. The van der Waals surface area contributed by atoms with Crippen molar-refractivity contribution in [2.45, 2.75) is 50.2 Å². The third-order valence-corrected chi connectivity index (χ3v) is 5.50. The summed E-state index contributed by atoms with van der Waals surface area (Å²) in [4.78, 5) is 6.74. The molecule has 2 nitrogen and oxygen atoms in total. The quantitative estimate of drug-likeness (QED) is 0.726. The maximum absolute atomic E-state index is 13.0. The molecule has 2 aliphatic rings. The normalized spacial score (nSPS) is 29.4. The van der Waals surface area contributed by atoms with Gasteiger partial charge in [-0.25, -0.2) is 0 Å². The number of nitrogens with zero attached hydrogens (tertiary/aromatic N) is 2. The van der Waals surface area contributed by atoms with Gasteiger partial charge in [0.05, 0.1) is 5.56 Å². The highest BCUT2D eigenvalue weighted by molar-refractivity contribution is 5.62. The molecule has 0 amide bonds. The number of likely N-dealkylation sites (tertiary alicyclic amines) is 1. The third-order valence-electron chi connectivity index (χ3n) is 5.50. The van der Waals surface area contributed by atoms with E-state index < -0.39 is 11.7 Å². The predicted molar refractivity (Wildman–Crippen MR) is 90.5 cm³/mol. The Morgan fingerprint density at radius 2 is 1.92 bits per heavy atom. The highest BCUT2D eigenvalue weighted by atomic mass is 19.4. The molecule has 3 rings (SSSR count). The van der Waals surface area contributed by atoms with Gasteiger partial charge >= 0.3 is 6.18 Å². The van der Waals surface area contributed by atoms with E-state index in [-0.39, 0.29) is 5.92 Å². The second-order valence-electron chi connectivity index (χ2n) is 7.01. The van der Waals surface area contributed by atoms with E-state index >= 15 is 0 Å². The van der Waals surface area contributed by atoms with Crippen LogP contribution in [-0.2, 0) is 6.18 Å². The molecule has 0 radical (unpaired) electrons. The molecule has 132 valence electrons. The highest BCUT2D eigenvalue weighted by Gasteiger charge is 2.36. The van der Waals surface area contributed by atoms with Gasteiger partial charge < -0.3 is 4.99 Å². The van der Waals surface area contributed by atoms with Crippen molar-refractivity contribution in [3.63, 3.8) is 0 Å². The van der Waals surface area contributed by atoms with Crippen molar-refractivity contribution in [2.24, 2.45) is 10.9 Å². The zero-order valence-corrected chi connectivity index (χ0v) is 14.1. The summed E-state index contributed by atoms with van der Waals surface area (Å²) in [6.45, 7) is 2.21. The Bertz CT molecular complexity index is 576. The van der Waals surface area contributed by atoms with Gasteiger partial charge in [-0.1, -0.05) is 18.2 Å². The van der Waals surface area contributed by atoms with Gasteiger partial charge in [-0.15, -0.1) is 0 Å². The van der Waals surface area contributed by atoms with Gasteiger partial charge in [-0.2, -0.15) is 13.2 Å². The molecule has 1 saturated carbocycles. The Hall–Kier alpha value is -1.36. The Kier molecular flexibility index (Phi) is 5.28. The number of benzene rings is 1. The summed E-state index contributed by atoms with van der Waals surface area (Å²) in [6, 6.07) is 6.32. The van der Waals surface area contributed by atoms with E-state index in [1.165, 1.54) is 18.9 Å². The lowest BCUT2D eigenvalue weighted by atomic mass is 9.75. The van der Waals surface area contributed by atoms with Gasteiger partial charge in [0.2, 0.25) is 0 Å². The smallest absolute Gasteiger partial charge is 0.301 e. The van der Waals surface area contributed by atoms with Crippen molar-refractivity contribution < 1.29 is 13.2 Å². The number of rotatable bonds is 3. The minimum atomic E-state index is -4.27. The molecule has 0 N–H and O–H groups in total. The number of hydrogen-bond acceptors (Lipinski definition) is 2. The maximum Gasteiger partial charge on any atom is 0.416 e. The van der Waals surface area contributed by atoms with Gasteiger partial charge in [-0.3, -0.25) is 4.90 Å². The van der Waals surface area contributed by atoms with Crippen LogP contribution >= 0.6 is 0 Å². The van der Waals surface area contributed by atoms with Crippen LogP contribution in [0.15, 0.2) is 29.3 Å². The molecule has 1 aliphatic carbocycles. The van der Waals surface area contributed by atoms with Crippen molar-refractivity contribution in [3.8, 4) is 0 Å². The maximum atomic E-state index is 13.0. The summed E-state index contributed by atoms with van der Waals surface area (Å²) in [5.41, 5.74) is 0.302. The van der Waals surface area contributed by atoms with E-state index in [4.69, 9.17) is 0 Å². The summed E-state index contributed by atoms with van der Waals surface area (Å²) < 4.78 is 39.0. The zero-order chi connectivity index (χ0) is 17.2. The van der Waals surface area contributed by atoms with E-state index in [1.54, 1.807) is 13.1 Å². The topological polar surface area (TPSA) is 15.6 Å². The van der Waals surface area contributed by atoms with Crippen LogP contribution < -0.4 is 0 Å². The molecule has 0 bridgehead atoms. The minimum absolute atomic E-state index is 0.208. The van der Waals surface area contributed by atoms with Crippen molar-refractivity contribution in [3.05, 3.63) is 35.4 Å². The van der Waals surface area contributed by atoms with Gasteiger partial charge in [0.25, 0.3) is 0 Å². The van der Waals surface area contributed by atoms with E-state index in [2.05, 4.69) is 9.89 Å². The van der Waals surface area contributed by atoms with E-state index in [0.717, 1.165) is 44.0 Å². The fourth-order valence-electron chi connectivity index (χ4n) is 4.30. The first-order valence-corrected chi connectivity index (χ1v) is 8.82. The average Bonchev–Trinajstić information content (AvgIpc) is 3.09. The van der Waals surface area contributed by atoms with Crippen LogP contribution in [0.5, 0.6) is 0 Å². The molecule has 5 heteroatoms. The van der Waals surface area contributed by atoms with Crippen LogP contribution in [-0.4, -0.2) is 37.3 Å². The fourth-order valence-corrected chi connectivity index (χ4v) is 4.30. The van der Waals surface area contributed by atoms with Gasteiger partial charge in [0.15, 0.2) is 0 Å². The molecular weight excluding hydrogens is 313 g/mol. The molecule has 1 aliphatic heterocycles. The van der Waals surface area contributed by atoms with Crippen molar-refractivity contribution in [1.82, 2.24) is 4.90 Å². The molecule has 24 heavy (non-hydrogen) atoms. The molecule has 3 atom stereocenters. The largest absolute Gasteiger partial charge is 0.416 e. The second-order valence-corrected chi connectivity index (χ2v) is 7.01. The Morgan fingerprint density at radius 1 is 1.17 bits per heavy atom. The van der Waals surface area contributed by atoms with Crippen molar-refractivity contribution in [1.29, 1.82) is 0 Å². The molecule has 1 unspecified atom stereocenters. The number of hydrogen-bond donors (Lipinski definition) is 0. The van der Waals surface area contributed by atoms with Crippen LogP contribution in [0.2, 0.25) is 0 Å². The van der Waals surface area contributed by atoms with Crippen LogP contribution in [0.25, 0.3) is 0 Å². The van der Waals surface area contributed by atoms with Crippen molar-refractivity contribution >= 4 is 6.21 Å². The molecule has 1 aromatic rings. The summed E-state index contributed by atoms with van der Waals surface area (Å²) in [5, 5.41) is 0.